The van der Waals surface area contributed by atoms with Crippen LogP contribution < -0.4 is 0 Å². The van der Waals surface area contributed by atoms with Crippen molar-refractivity contribution in [2.24, 2.45) is 0 Å². The van der Waals surface area contributed by atoms with Gasteiger partial charge in [0.15, 0.2) is 5.78 Å². The van der Waals surface area contributed by atoms with Gasteiger partial charge in [0.2, 0.25) is 0 Å². The highest BCUT2D eigenvalue weighted by molar-refractivity contribution is 7.84. The van der Waals surface area contributed by atoms with Gasteiger partial charge in [0, 0.05) is 10.5 Å². The molecule has 0 aliphatic heterocycles. The van der Waals surface area contributed by atoms with Gasteiger partial charge in [0.1, 0.15) is 0 Å². The summed E-state index contributed by atoms with van der Waals surface area (Å²) in [5.74, 6) is -0.0532. The molecule has 0 fully saturated rings. The molecule has 0 radical (unpaired) electrons. The molecule has 1 nitrogen and oxygen atoms in total. The van der Waals surface area contributed by atoms with Gasteiger partial charge in [0.25, 0.3) is 0 Å². The molecule has 9 heavy (non-hydrogen) atoms. The summed E-state index contributed by atoms with van der Waals surface area (Å²) in [7, 11) is 0. The smallest absolute Gasteiger partial charge is 0.186 e. The number of hydrogen-bond acceptors (Lipinski definition) is 2. The molecule has 0 heterocycles. The molecule has 0 aromatic rings. The van der Waals surface area contributed by atoms with Crippen LogP contribution in [0.15, 0.2) is 35.3 Å². The maximum Gasteiger partial charge on any atom is 0.186 e. The fourth-order valence-electron chi connectivity index (χ4n) is 0.543. The maximum atomic E-state index is 10.7. The first-order chi connectivity index (χ1) is 4.20. The molecule has 0 aromatic heterocycles. The van der Waals surface area contributed by atoms with E-state index in [1.807, 2.05) is 0 Å². The molecule has 0 N–H and O–H groups in total. The van der Waals surface area contributed by atoms with E-state index in [0.717, 1.165) is 0 Å². The summed E-state index contributed by atoms with van der Waals surface area (Å²) in [5.41, 5.74) is 0.521. The van der Waals surface area contributed by atoms with Crippen LogP contribution in [0.1, 0.15) is 0 Å². The topological polar surface area (TPSA) is 17.1 Å². The Balaban J connectivity index is 2.95. The van der Waals surface area contributed by atoms with Crippen molar-refractivity contribution in [1.82, 2.24) is 0 Å². The van der Waals surface area contributed by atoms with Crippen LogP contribution in [-0.4, -0.2) is 5.78 Å². The Morgan fingerprint density at radius 3 is 2.56 bits per heavy atom. The van der Waals surface area contributed by atoms with Crippen molar-refractivity contribution in [3.63, 3.8) is 0 Å². The van der Waals surface area contributed by atoms with Crippen molar-refractivity contribution in [3.8, 4) is 0 Å². The SMILES string of the molecule is C=C1C=CC(S)=CC1=O. The lowest BCUT2D eigenvalue weighted by molar-refractivity contribution is -0.111. The largest absolute Gasteiger partial charge is 0.289 e. The Morgan fingerprint density at radius 2 is 2.11 bits per heavy atom. The fraction of sp³-hybridized carbons (Fsp3) is 0. The minimum atomic E-state index is -0.0532. The molecule has 1 aliphatic carbocycles. The summed E-state index contributed by atoms with van der Waals surface area (Å²) in [6, 6.07) is 0. The Hall–Kier alpha value is -0.760. The van der Waals surface area contributed by atoms with E-state index in [0.29, 0.717) is 10.5 Å². The fourth-order valence-corrected chi connectivity index (χ4v) is 0.735. The molecule has 0 spiro atoms. The molecular weight excluding hydrogens is 132 g/mol. The maximum absolute atomic E-state index is 10.7. The Morgan fingerprint density at radius 1 is 1.44 bits per heavy atom. The minimum absolute atomic E-state index is 0.0532. The molecule has 0 amide bonds. The second-order valence-corrected chi connectivity index (χ2v) is 2.31. The first kappa shape index (κ1) is 6.36. The van der Waals surface area contributed by atoms with Crippen molar-refractivity contribution in [1.29, 1.82) is 0 Å². The Labute approximate surface area is 59.2 Å². The second kappa shape index (κ2) is 2.23. The molecule has 0 saturated carbocycles. The van der Waals surface area contributed by atoms with Gasteiger partial charge in [-0.25, -0.2) is 0 Å². The van der Waals surface area contributed by atoms with Gasteiger partial charge in [-0.1, -0.05) is 12.7 Å². The predicted octanol–water partition coefficient (Wildman–Crippen LogP) is 1.50. The zero-order chi connectivity index (χ0) is 6.85. The molecule has 0 atom stereocenters. The van der Waals surface area contributed by atoms with Crippen LogP contribution in [0, 0.1) is 0 Å². The van der Waals surface area contributed by atoms with E-state index in [4.69, 9.17) is 0 Å². The number of thiol groups is 1. The van der Waals surface area contributed by atoms with Crippen molar-refractivity contribution in [2.75, 3.05) is 0 Å². The zero-order valence-corrected chi connectivity index (χ0v) is 5.69. The van der Waals surface area contributed by atoms with Crippen LogP contribution in [-0.2, 0) is 4.79 Å². The molecule has 0 saturated heterocycles. The van der Waals surface area contributed by atoms with Crippen molar-refractivity contribution in [2.45, 2.75) is 0 Å². The summed E-state index contributed by atoms with van der Waals surface area (Å²) in [6.45, 7) is 3.51. The van der Waals surface area contributed by atoms with Crippen molar-refractivity contribution < 1.29 is 4.79 Å². The Kier molecular flexibility index (Phi) is 1.58. The molecule has 0 unspecified atom stereocenters. The van der Waals surface area contributed by atoms with Crippen LogP contribution in [0.5, 0.6) is 0 Å². The van der Waals surface area contributed by atoms with Crippen LogP contribution >= 0.6 is 12.6 Å². The number of rotatable bonds is 0. The lowest BCUT2D eigenvalue weighted by Crippen LogP contribution is -1.97. The highest BCUT2D eigenvalue weighted by atomic mass is 32.1. The molecule has 1 rings (SSSR count). The van der Waals surface area contributed by atoms with Gasteiger partial charge in [-0.3, -0.25) is 4.79 Å². The quantitative estimate of drug-likeness (QED) is 0.396. The zero-order valence-electron chi connectivity index (χ0n) is 4.79. The van der Waals surface area contributed by atoms with E-state index in [1.165, 1.54) is 6.08 Å². The van der Waals surface area contributed by atoms with E-state index in [9.17, 15) is 4.79 Å². The molecule has 1 aliphatic rings. The summed E-state index contributed by atoms with van der Waals surface area (Å²) < 4.78 is 0. The summed E-state index contributed by atoms with van der Waals surface area (Å²) in [4.78, 5) is 11.4. The van der Waals surface area contributed by atoms with Gasteiger partial charge in [-0.05, 0) is 12.2 Å². The lowest BCUT2D eigenvalue weighted by atomic mass is 10.1. The van der Waals surface area contributed by atoms with E-state index in [1.54, 1.807) is 12.2 Å². The summed E-state index contributed by atoms with van der Waals surface area (Å²) >= 11 is 3.97. The molecule has 0 aromatic carbocycles. The van der Waals surface area contributed by atoms with E-state index >= 15 is 0 Å². The average Bonchev–Trinajstić information content (AvgIpc) is 1.80. The van der Waals surface area contributed by atoms with Crippen LogP contribution in [0.2, 0.25) is 0 Å². The Bertz CT molecular complexity index is 223. The normalized spacial score (nSPS) is 18.1. The van der Waals surface area contributed by atoms with Gasteiger partial charge in [-0.15, -0.1) is 12.6 Å². The van der Waals surface area contributed by atoms with Crippen LogP contribution in [0.3, 0.4) is 0 Å². The number of ketones is 1. The predicted molar refractivity (Wildman–Crippen MR) is 40.4 cm³/mol. The van der Waals surface area contributed by atoms with Crippen LogP contribution in [0.25, 0.3) is 0 Å². The van der Waals surface area contributed by atoms with Crippen molar-refractivity contribution in [3.05, 3.63) is 35.3 Å². The molecule has 0 bridgehead atoms. The minimum Gasteiger partial charge on any atom is -0.289 e. The van der Waals surface area contributed by atoms with E-state index in [-0.39, 0.29) is 5.78 Å². The van der Waals surface area contributed by atoms with Gasteiger partial charge < -0.3 is 0 Å². The average molecular weight is 138 g/mol. The highest BCUT2D eigenvalue weighted by Crippen LogP contribution is 2.12. The molecular formula is C7H6OS. The first-order valence-electron chi connectivity index (χ1n) is 2.52. The monoisotopic (exact) mass is 138 g/mol. The number of carbonyl (C=O) groups is 1. The molecule has 2 heteroatoms. The third kappa shape index (κ3) is 1.33. The molecule has 46 valence electrons. The van der Waals surface area contributed by atoms with Gasteiger partial charge >= 0.3 is 0 Å². The highest BCUT2D eigenvalue weighted by Gasteiger charge is 2.04. The number of allylic oxidation sites excluding steroid dienone is 4. The second-order valence-electron chi connectivity index (χ2n) is 1.79. The van der Waals surface area contributed by atoms with Crippen molar-refractivity contribution >= 4 is 18.4 Å². The third-order valence-corrected chi connectivity index (χ3v) is 1.33. The van der Waals surface area contributed by atoms with E-state index in [2.05, 4.69) is 19.2 Å². The summed E-state index contributed by atoms with van der Waals surface area (Å²) in [5, 5.41) is 0. The van der Waals surface area contributed by atoms with E-state index < -0.39 is 0 Å². The standard InChI is InChI=1S/C7H6OS/c1-5-2-3-6(9)4-7(5)8/h2-4,9H,1H2. The van der Waals surface area contributed by atoms with Crippen LogP contribution in [0.4, 0.5) is 0 Å². The first-order valence-corrected chi connectivity index (χ1v) is 2.97. The number of carbonyl (C=O) groups excluding carboxylic acids is 1. The van der Waals surface area contributed by atoms with Gasteiger partial charge in [0.05, 0.1) is 0 Å². The summed E-state index contributed by atoms with van der Waals surface area (Å²) in [6.07, 6.45) is 4.85. The van der Waals surface area contributed by atoms with Gasteiger partial charge in [-0.2, -0.15) is 0 Å². The lowest BCUT2D eigenvalue weighted by Gasteiger charge is -1.99. The third-order valence-electron chi connectivity index (χ3n) is 1.05. The number of hydrogen-bond donors (Lipinski definition) is 1.